The van der Waals surface area contributed by atoms with Crippen LogP contribution in [0.2, 0.25) is 0 Å². The van der Waals surface area contributed by atoms with Gasteiger partial charge >= 0.3 is 0 Å². The van der Waals surface area contributed by atoms with Crippen LogP contribution in [0.4, 0.5) is 0 Å². The Bertz CT molecular complexity index is 948. The number of hydrogen-bond acceptors (Lipinski definition) is 6. The molecule has 1 aliphatic heterocycles. The third-order valence-corrected chi connectivity index (χ3v) is 5.73. The quantitative estimate of drug-likeness (QED) is 0.690. The van der Waals surface area contributed by atoms with Gasteiger partial charge in [-0.05, 0) is 6.07 Å². The molecule has 1 saturated heterocycles. The molecule has 1 fully saturated rings. The van der Waals surface area contributed by atoms with Gasteiger partial charge in [-0.25, -0.2) is 0 Å². The van der Waals surface area contributed by atoms with E-state index in [1.54, 1.807) is 7.11 Å². The van der Waals surface area contributed by atoms with Gasteiger partial charge in [0.15, 0.2) is 5.82 Å². The topological polar surface area (TPSA) is 72.6 Å². The first-order chi connectivity index (χ1) is 12.6. The molecule has 7 nitrogen and oxygen atoms in total. The molecular weight excluding hydrogens is 350 g/mol. The van der Waals surface area contributed by atoms with E-state index in [0.717, 1.165) is 27.1 Å². The molecule has 3 heterocycles. The van der Waals surface area contributed by atoms with Crippen LogP contribution in [0, 0.1) is 0 Å². The van der Waals surface area contributed by atoms with E-state index >= 15 is 0 Å². The minimum atomic E-state index is 0.101. The molecule has 136 valence electrons. The monoisotopic (exact) mass is 371 g/mol. The maximum atomic E-state index is 12.5. The van der Waals surface area contributed by atoms with E-state index in [0.29, 0.717) is 19.5 Å². The molecule has 0 aliphatic carbocycles. The molecule has 0 radical (unpaired) electrons. The fourth-order valence-corrected chi connectivity index (χ4v) is 4.24. The number of amides is 1. The molecule has 1 atom stereocenters. The van der Waals surface area contributed by atoms with Crippen molar-refractivity contribution in [3.05, 3.63) is 40.7 Å². The van der Waals surface area contributed by atoms with Crippen LogP contribution in [0.5, 0.6) is 5.75 Å². The van der Waals surface area contributed by atoms with Crippen LogP contribution in [0.1, 0.15) is 48.5 Å². The SMILES string of the molecule is COc1ccccc1CN1CC(c2nn3c(C(C)C)nnc3s2)CC1=O. The first-order valence-electron chi connectivity index (χ1n) is 8.68. The van der Waals surface area contributed by atoms with Crippen molar-refractivity contribution < 1.29 is 9.53 Å². The summed E-state index contributed by atoms with van der Waals surface area (Å²) in [7, 11) is 1.65. The van der Waals surface area contributed by atoms with E-state index in [1.165, 1.54) is 11.3 Å². The number of methoxy groups -OCH3 is 1. The van der Waals surface area contributed by atoms with E-state index in [4.69, 9.17) is 9.84 Å². The summed E-state index contributed by atoms with van der Waals surface area (Å²) in [6.07, 6.45) is 0.482. The van der Waals surface area contributed by atoms with E-state index in [2.05, 4.69) is 24.0 Å². The summed E-state index contributed by atoms with van der Waals surface area (Å²) >= 11 is 1.53. The Kier molecular flexibility index (Phi) is 4.36. The summed E-state index contributed by atoms with van der Waals surface area (Å²) in [6, 6.07) is 7.82. The minimum Gasteiger partial charge on any atom is -0.496 e. The summed E-state index contributed by atoms with van der Waals surface area (Å²) in [4.78, 5) is 15.2. The molecule has 3 aromatic rings. The Balaban J connectivity index is 1.54. The smallest absolute Gasteiger partial charge is 0.234 e. The predicted molar refractivity (Wildman–Crippen MR) is 98.5 cm³/mol. The highest BCUT2D eigenvalue weighted by Crippen LogP contribution is 2.33. The highest BCUT2D eigenvalue weighted by atomic mass is 32.1. The van der Waals surface area contributed by atoms with Crippen LogP contribution < -0.4 is 4.74 Å². The van der Waals surface area contributed by atoms with E-state index in [1.807, 2.05) is 33.7 Å². The third kappa shape index (κ3) is 2.94. The van der Waals surface area contributed by atoms with Crippen LogP contribution in [-0.4, -0.2) is 44.3 Å². The van der Waals surface area contributed by atoms with Crippen LogP contribution >= 0.6 is 11.3 Å². The fraction of sp³-hybridized carbons (Fsp3) is 0.444. The molecule has 1 amide bonds. The number of benzene rings is 1. The lowest BCUT2D eigenvalue weighted by Gasteiger charge is -2.18. The van der Waals surface area contributed by atoms with Gasteiger partial charge < -0.3 is 9.64 Å². The highest BCUT2D eigenvalue weighted by Gasteiger charge is 2.33. The summed E-state index contributed by atoms with van der Waals surface area (Å²) in [6.45, 7) is 5.37. The number of fused-ring (bicyclic) bond motifs is 1. The van der Waals surface area contributed by atoms with Gasteiger partial charge in [0.25, 0.3) is 0 Å². The van der Waals surface area contributed by atoms with Gasteiger partial charge in [0.1, 0.15) is 10.8 Å². The van der Waals surface area contributed by atoms with Crippen LogP contribution in [0.15, 0.2) is 24.3 Å². The molecular formula is C18H21N5O2S. The Morgan fingerprint density at radius 2 is 2.12 bits per heavy atom. The molecule has 0 saturated carbocycles. The van der Waals surface area contributed by atoms with E-state index < -0.39 is 0 Å². The van der Waals surface area contributed by atoms with Crippen LogP contribution in [0.25, 0.3) is 4.96 Å². The van der Waals surface area contributed by atoms with Gasteiger partial charge in [0, 0.05) is 36.9 Å². The number of hydrogen-bond donors (Lipinski definition) is 0. The summed E-state index contributed by atoms with van der Waals surface area (Å²) in [5.74, 6) is 2.17. The molecule has 8 heteroatoms. The zero-order valence-corrected chi connectivity index (χ0v) is 15.9. The lowest BCUT2D eigenvalue weighted by molar-refractivity contribution is -0.128. The molecule has 0 bridgehead atoms. The average molecular weight is 371 g/mol. The van der Waals surface area contributed by atoms with Gasteiger partial charge in [-0.3, -0.25) is 4.79 Å². The lowest BCUT2D eigenvalue weighted by atomic mass is 10.1. The molecule has 26 heavy (non-hydrogen) atoms. The normalized spacial score (nSPS) is 17.6. The molecule has 4 rings (SSSR count). The highest BCUT2D eigenvalue weighted by molar-refractivity contribution is 7.16. The second-order valence-corrected chi connectivity index (χ2v) is 7.82. The molecule has 2 aromatic heterocycles. The zero-order valence-electron chi connectivity index (χ0n) is 15.0. The summed E-state index contributed by atoms with van der Waals surface area (Å²) in [5.41, 5.74) is 1.02. The Labute approximate surface area is 155 Å². The first-order valence-corrected chi connectivity index (χ1v) is 9.50. The number of para-hydroxylation sites is 1. The maximum absolute atomic E-state index is 12.5. The van der Waals surface area contributed by atoms with Crippen LogP contribution in [-0.2, 0) is 11.3 Å². The largest absolute Gasteiger partial charge is 0.496 e. The number of aromatic nitrogens is 4. The number of ether oxygens (including phenoxy) is 1. The first kappa shape index (κ1) is 17.0. The second kappa shape index (κ2) is 6.68. The van der Waals surface area contributed by atoms with Gasteiger partial charge in [-0.15, -0.1) is 10.2 Å². The predicted octanol–water partition coefficient (Wildman–Crippen LogP) is 2.83. The van der Waals surface area contributed by atoms with Gasteiger partial charge in [0.2, 0.25) is 10.9 Å². The Morgan fingerprint density at radius 1 is 1.31 bits per heavy atom. The second-order valence-electron chi connectivity index (χ2n) is 6.83. The third-order valence-electron chi connectivity index (χ3n) is 4.66. The number of carbonyl (C=O) groups is 1. The van der Waals surface area contributed by atoms with Gasteiger partial charge in [-0.2, -0.15) is 9.61 Å². The van der Waals surface area contributed by atoms with E-state index in [-0.39, 0.29) is 17.7 Å². The minimum absolute atomic E-state index is 0.101. The fourth-order valence-electron chi connectivity index (χ4n) is 3.30. The van der Waals surface area contributed by atoms with Crippen molar-refractivity contribution in [2.45, 2.75) is 38.6 Å². The number of carbonyl (C=O) groups excluding carboxylic acids is 1. The number of likely N-dealkylation sites (tertiary alicyclic amines) is 1. The van der Waals surface area contributed by atoms with Crippen molar-refractivity contribution in [2.24, 2.45) is 0 Å². The lowest BCUT2D eigenvalue weighted by Crippen LogP contribution is -2.24. The van der Waals surface area contributed by atoms with Gasteiger partial charge in [-0.1, -0.05) is 43.4 Å². The van der Waals surface area contributed by atoms with E-state index in [9.17, 15) is 4.79 Å². The molecule has 1 aromatic carbocycles. The van der Waals surface area contributed by atoms with Crippen molar-refractivity contribution in [3.63, 3.8) is 0 Å². The Hall–Kier alpha value is -2.48. The van der Waals surface area contributed by atoms with Gasteiger partial charge in [0.05, 0.1) is 7.11 Å². The van der Waals surface area contributed by atoms with Crippen molar-refractivity contribution in [3.8, 4) is 5.75 Å². The molecule has 1 aliphatic rings. The number of nitrogens with zero attached hydrogens (tertiary/aromatic N) is 5. The summed E-state index contributed by atoms with van der Waals surface area (Å²) in [5, 5.41) is 14.1. The van der Waals surface area contributed by atoms with Crippen molar-refractivity contribution in [2.75, 3.05) is 13.7 Å². The molecule has 0 spiro atoms. The average Bonchev–Trinajstić information content (AvgIpc) is 3.29. The van der Waals surface area contributed by atoms with Crippen molar-refractivity contribution >= 4 is 22.2 Å². The maximum Gasteiger partial charge on any atom is 0.234 e. The van der Waals surface area contributed by atoms with Crippen LogP contribution in [0.3, 0.4) is 0 Å². The van der Waals surface area contributed by atoms with Crippen molar-refractivity contribution in [1.29, 1.82) is 0 Å². The van der Waals surface area contributed by atoms with Crippen molar-refractivity contribution in [1.82, 2.24) is 24.7 Å². The number of rotatable bonds is 5. The molecule has 1 unspecified atom stereocenters. The summed E-state index contributed by atoms with van der Waals surface area (Å²) < 4.78 is 7.22. The zero-order chi connectivity index (χ0) is 18.3. The Morgan fingerprint density at radius 3 is 2.88 bits per heavy atom. The standard InChI is InChI=1S/C18H21N5O2S/c1-11(2)16-19-20-18-23(16)21-17(26-18)13-8-15(24)22(10-13)9-12-6-4-5-7-14(12)25-3/h4-7,11,13H,8-10H2,1-3H3. The molecule has 0 N–H and O–H groups in total.